The zero-order chi connectivity index (χ0) is 15.7. The van der Waals surface area contributed by atoms with Gasteiger partial charge in [-0.3, -0.25) is 9.71 Å². The zero-order valence-corrected chi connectivity index (χ0v) is 13.1. The number of nitrogens with zero attached hydrogens (tertiary/aromatic N) is 2. The molecule has 5 nitrogen and oxygen atoms in total. The maximum Gasteiger partial charge on any atom is 0.279 e. The van der Waals surface area contributed by atoms with Crippen LogP contribution in [0.2, 0.25) is 0 Å². The lowest BCUT2D eigenvalue weighted by Gasteiger charge is -2.11. The summed E-state index contributed by atoms with van der Waals surface area (Å²) < 4.78 is 27.5. The van der Waals surface area contributed by atoms with Crippen LogP contribution in [0.1, 0.15) is 11.1 Å². The largest absolute Gasteiger partial charge is 0.279 e. The summed E-state index contributed by atoms with van der Waals surface area (Å²) in [5.74, 6) is 0. The molecule has 0 aliphatic carbocycles. The molecule has 0 radical (unpaired) electrons. The Hall–Kier alpha value is -2.47. The number of aromatic nitrogens is 2. The first-order valence-electron chi connectivity index (χ1n) is 6.77. The van der Waals surface area contributed by atoms with Crippen molar-refractivity contribution in [1.82, 2.24) is 9.97 Å². The van der Waals surface area contributed by atoms with Crippen LogP contribution in [0.3, 0.4) is 0 Å². The fraction of sp³-hybridized carbons (Fsp3) is 0.125. The van der Waals surface area contributed by atoms with Crippen LogP contribution in [-0.2, 0) is 10.0 Å². The lowest BCUT2D eigenvalue weighted by molar-refractivity contribution is 0.597. The molecule has 112 valence electrons. The molecule has 0 aliphatic rings. The molecule has 0 fully saturated rings. The fourth-order valence-electron chi connectivity index (χ4n) is 2.21. The van der Waals surface area contributed by atoms with Gasteiger partial charge in [-0.2, -0.15) is 8.42 Å². The van der Waals surface area contributed by atoms with Gasteiger partial charge in [0.1, 0.15) is 0 Å². The third kappa shape index (κ3) is 2.65. The van der Waals surface area contributed by atoms with Crippen LogP contribution >= 0.6 is 0 Å². The second-order valence-electron chi connectivity index (χ2n) is 5.11. The van der Waals surface area contributed by atoms with Crippen molar-refractivity contribution < 1.29 is 8.42 Å². The molecule has 3 rings (SSSR count). The molecular weight excluding hydrogens is 298 g/mol. The molecule has 2 aromatic heterocycles. The number of nitrogens with one attached hydrogen (secondary N) is 1. The van der Waals surface area contributed by atoms with Crippen molar-refractivity contribution >= 4 is 26.6 Å². The summed E-state index contributed by atoms with van der Waals surface area (Å²) in [6, 6.07) is 10.5. The Kier molecular flexibility index (Phi) is 3.54. The first kappa shape index (κ1) is 14.5. The number of aryl methyl sites for hydroxylation is 2. The van der Waals surface area contributed by atoms with Gasteiger partial charge in [-0.1, -0.05) is 18.2 Å². The van der Waals surface area contributed by atoms with Crippen LogP contribution in [0, 0.1) is 13.8 Å². The van der Waals surface area contributed by atoms with E-state index in [-0.39, 0.29) is 5.03 Å². The second kappa shape index (κ2) is 5.38. The van der Waals surface area contributed by atoms with Crippen LogP contribution in [0.15, 0.2) is 53.8 Å². The summed E-state index contributed by atoms with van der Waals surface area (Å²) in [4.78, 5) is 8.26. The van der Waals surface area contributed by atoms with Crippen molar-refractivity contribution in [2.75, 3.05) is 4.72 Å². The van der Waals surface area contributed by atoms with Crippen molar-refractivity contribution in [1.29, 1.82) is 0 Å². The maximum atomic E-state index is 12.4. The third-order valence-corrected chi connectivity index (χ3v) is 4.67. The Morgan fingerprint density at radius 3 is 2.55 bits per heavy atom. The molecular formula is C16H15N3O2S. The minimum Gasteiger partial charge on any atom is -0.276 e. The van der Waals surface area contributed by atoms with E-state index in [1.165, 1.54) is 12.3 Å². The molecule has 0 amide bonds. The Labute approximate surface area is 129 Å². The topological polar surface area (TPSA) is 72.0 Å². The minimum absolute atomic E-state index is 0.0113. The smallest absolute Gasteiger partial charge is 0.276 e. The molecule has 0 saturated carbocycles. The lowest BCUT2D eigenvalue weighted by Crippen LogP contribution is -2.15. The molecule has 0 spiro atoms. The van der Waals surface area contributed by atoms with Crippen molar-refractivity contribution in [3.63, 3.8) is 0 Å². The number of fused-ring (bicyclic) bond motifs is 1. The first-order valence-corrected chi connectivity index (χ1v) is 8.25. The molecule has 0 atom stereocenters. The number of pyridine rings is 2. The van der Waals surface area contributed by atoms with E-state index in [2.05, 4.69) is 14.7 Å². The summed E-state index contributed by atoms with van der Waals surface area (Å²) >= 11 is 0. The quantitative estimate of drug-likeness (QED) is 0.806. The van der Waals surface area contributed by atoms with E-state index in [9.17, 15) is 8.42 Å². The molecule has 6 heteroatoms. The molecule has 0 unspecified atom stereocenters. The summed E-state index contributed by atoms with van der Waals surface area (Å²) in [5, 5.41) is 0.905. The van der Waals surface area contributed by atoms with E-state index >= 15 is 0 Å². The van der Waals surface area contributed by atoms with Gasteiger partial charge < -0.3 is 0 Å². The fourth-order valence-corrected chi connectivity index (χ4v) is 3.21. The van der Waals surface area contributed by atoms with Crippen LogP contribution in [0.5, 0.6) is 0 Å². The molecule has 22 heavy (non-hydrogen) atoms. The van der Waals surface area contributed by atoms with Crippen LogP contribution < -0.4 is 4.72 Å². The van der Waals surface area contributed by atoms with Crippen molar-refractivity contribution in [3.8, 4) is 0 Å². The average Bonchev–Trinajstić information content (AvgIpc) is 2.51. The number of sulfonamides is 1. The number of hydrogen-bond donors (Lipinski definition) is 1. The Bertz CT molecular complexity index is 935. The van der Waals surface area contributed by atoms with Crippen molar-refractivity contribution in [3.05, 3.63) is 59.9 Å². The van der Waals surface area contributed by atoms with Gasteiger partial charge >= 0.3 is 0 Å². The number of anilines is 1. The third-order valence-electron chi connectivity index (χ3n) is 3.39. The SMILES string of the molecule is Cc1ccc(S(=O)(=O)Nc2ccc(C)c3cccnc23)nc1. The highest BCUT2D eigenvalue weighted by Crippen LogP contribution is 2.26. The number of benzene rings is 1. The summed E-state index contributed by atoms with van der Waals surface area (Å²) in [6.07, 6.45) is 3.17. The number of hydrogen-bond acceptors (Lipinski definition) is 4. The normalized spacial score (nSPS) is 11.5. The van der Waals surface area contributed by atoms with E-state index in [1.54, 1.807) is 18.3 Å². The van der Waals surface area contributed by atoms with Crippen LogP contribution in [0.4, 0.5) is 5.69 Å². The van der Waals surface area contributed by atoms with Gasteiger partial charge in [-0.05, 0) is 43.2 Å². The molecule has 1 aromatic carbocycles. The van der Waals surface area contributed by atoms with E-state index in [4.69, 9.17) is 0 Å². The molecule has 2 heterocycles. The summed E-state index contributed by atoms with van der Waals surface area (Å²) in [7, 11) is -3.74. The molecule has 0 saturated heterocycles. The summed E-state index contributed by atoms with van der Waals surface area (Å²) in [5.41, 5.74) is 3.02. The highest BCUT2D eigenvalue weighted by atomic mass is 32.2. The molecule has 3 aromatic rings. The van der Waals surface area contributed by atoms with Gasteiger partial charge in [-0.25, -0.2) is 4.98 Å². The Morgan fingerprint density at radius 1 is 1.00 bits per heavy atom. The molecule has 1 N–H and O–H groups in total. The number of rotatable bonds is 3. The van der Waals surface area contributed by atoms with E-state index in [0.717, 1.165) is 16.5 Å². The molecule has 0 bridgehead atoms. The standard InChI is InChI=1S/C16H15N3O2S/c1-11-5-8-15(18-10-11)22(20,21)19-14-7-6-12(2)13-4-3-9-17-16(13)14/h3-10,19H,1-2H3. The monoisotopic (exact) mass is 313 g/mol. The van der Waals surface area contributed by atoms with Gasteiger partial charge in [0.25, 0.3) is 10.0 Å². The second-order valence-corrected chi connectivity index (χ2v) is 6.74. The highest BCUT2D eigenvalue weighted by molar-refractivity contribution is 7.92. The van der Waals surface area contributed by atoms with Crippen molar-refractivity contribution in [2.24, 2.45) is 0 Å². The van der Waals surface area contributed by atoms with Crippen LogP contribution in [-0.4, -0.2) is 18.4 Å². The predicted octanol–water partition coefficient (Wildman–Crippen LogP) is 3.05. The van der Waals surface area contributed by atoms with Gasteiger partial charge in [0.05, 0.1) is 11.2 Å². The first-order chi connectivity index (χ1) is 10.5. The van der Waals surface area contributed by atoms with E-state index in [0.29, 0.717) is 11.2 Å². The summed E-state index contributed by atoms with van der Waals surface area (Å²) in [6.45, 7) is 3.82. The Balaban J connectivity index is 2.06. The van der Waals surface area contributed by atoms with Crippen molar-refractivity contribution in [2.45, 2.75) is 18.9 Å². The van der Waals surface area contributed by atoms with Gasteiger partial charge in [0.2, 0.25) is 0 Å². The van der Waals surface area contributed by atoms with E-state index < -0.39 is 10.0 Å². The zero-order valence-electron chi connectivity index (χ0n) is 12.2. The van der Waals surface area contributed by atoms with Gasteiger partial charge in [-0.15, -0.1) is 0 Å². The van der Waals surface area contributed by atoms with E-state index in [1.807, 2.05) is 32.0 Å². The lowest BCUT2D eigenvalue weighted by atomic mass is 10.1. The minimum atomic E-state index is -3.74. The van der Waals surface area contributed by atoms with Crippen LogP contribution in [0.25, 0.3) is 10.9 Å². The maximum absolute atomic E-state index is 12.4. The molecule has 0 aliphatic heterocycles. The van der Waals surface area contributed by atoms with Gasteiger partial charge in [0, 0.05) is 17.8 Å². The highest BCUT2D eigenvalue weighted by Gasteiger charge is 2.17. The van der Waals surface area contributed by atoms with Gasteiger partial charge in [0.15, 0.2) is 5.03 Å². The predicted molar refractivity (Wildman–Crippen MR) is 86.3 cm³/mol. The Morgan fingerprint density at radius 2 is 1.82 bits per heavy atom. The average molecular weight is 313 g/mol.